The molecule has 29 heavy (non-hydrogen) atoms. The summed E-state index contributed by atoms with van der Waals surface area (Å²) in [7, 11) is 0. The Hall–Kier alpha value is -2.60. The molecule has 2 N–H and O–H groups in total. The quantitative estimate of drug-likeness (QED) is 0.500. The van der Waals surface area contributed by atoms with Gasteiger partial charge in [-0.15, -0.1) is 0 Å². The molecule has 0 bridgehead atoms. The summed E-state index contributed by atoms with van der Waals surface area (Å²) in [5.41, 5.74) is 4.53. The van der Waals surface area contributed by atoms with Gasteiger partial charge in [0.25, 0.3) is 0 Å². The number of thioether (sulfide) groups is 1. The van der Waals surface area contributed by atoms with E-state index in [1.54, 1.807) is 11.8 Å². The van der Waals surface area contributed by atoms with Gasteiger partial charge in [-0.2, -0.15) is 11.8 Å². The van der Waals surface area contributed by atoms with Gasteiger partial charge in [-0.3, -0.25) is 9.59 Å². The largest absolute Gasteiger partial charge is 0.346 e. The molecule has 0 fully saturated rings. The minimum absolute atomic E-state index is 0.00532. The van der Waals surface area contributed by atoms with Gasteiger partial charge in [-0.05, 0) is 56.0 Å². The predicted octanol–water partition coefficient (Wildman–Crippen LogP) is 4.75. The fourth-order valence-corrected chi connectivity index (χ4v) is 3.79. The second-order valence-corrected chi connectivity index (χ2v) is 8.27. The molecule has 0 saturated carbocycles. The van der Waals surface area contributed by atoms with E-state index in [1.165, 1.54) is 0 Å². The van der Waals surface area contributed by atoms with Crippen LogP contribution in [0.3, 0.4) is 0 Å². The lowest BCUT2D eigenvalue weighted by Crippen LogP contribution is -2.30. The van der Waals surface area contributed by atoms with Crippen LogP contribution in [0.15, 0.2) is 42.5 Å². The molecule has 2 aromatic carbocycles. The van der Waals surface area contributed by atoms with E-state index in [2.05, 4.69) is 15.3 Å². The van der Waals surface area contributed by atoms with Gasteiger partial charge in [0, 0.05) is 18.4 Å². The first-order chi connectivity index (χ1) is 14.0. The highest BCUT2D eigenvalue weighted by Crippen LogP contribution is 2.20. The summed E-state index contributed by atoms with van der Waals surface area (Å²) in [6.07, 6.45) is 3.19. The van der Waals surface area contributed by atoms with E-state index in [-0.39, 0.29) is 30.6 Å². The van der Waals surface area contributed by atoms with E-state index in [1.807, 2.05) is 62.6 Å². The monoisotopic (exact) mass is 409 g/mol. The number of imidazole rings is 1. The molecule has 3 rings (SSSR count). The summed E-state index contributed by atoms with van der Waals surface area (Å²) >= 11 is 1.73. The number of amides is 1. The van der Waals surface area contributed by atoms with Gasteiger partial charge in [0.05, 0.1) is 17.1 Å². The molecule has 1 amide bonds. The Morgan fingerprint density at radius 3 is 2.69 bits per heavy atom. The highest BCUT2D eigenvalue weighted by Gasteiger charge is 2.19. The summed E-state index contributed by atoms with van der Waals surface area (Å²) < 4.78 is 0. The number of benzene rings is 2. The zero-order valence-corrected chi connectivity index (χ0v) is 17.9. The Labute approximate surface area is 175 Å². The molecule has 0 aliphatic rings. The number of ketones is 1. The normalized spacial score (nSPS) is 12.1. The maximum atomic E-state index is 12.6. The van der Waals surface area contributed by atoms with Crippen molar-refractivity contribution in [3.8, 4) is 0 Å². The van der Waals surface area contributed by atoms with E-state index in [9.17, 15) is 9.59 Å². The van der Waals surface area contributed by atoms with Crippen LogP contribution in [-0.4, -0.2) is 33.7 Å². The van der Waals surface area contributed by atoms with Crippen molar-refractivity contribution in [2.24, 2.45) is 0 Å². The number of hydrogen-bond acceptors (Lipinski definition) is 4. The molecule has 0 spiro atoms. The highest BCUT2D eigenvalue weighted by molar-refractivity contribution is 7.98. The maximum Gasteiger partial charge on any atom is 0.221 e. The van der Waals surface area contributed by atoms with Crippen molar-refractivity contribution < 1.29 is 9.59 Å². The van der Waals surface area contributed by atoms with Crippen LogP contribution < -0.4 is 5.32 Å². The summed E-state index contributed by atoms with van der Waals surface area (Å²) in [6, 6.07) is 13.5. The SMILES string of the molecule is CSCCC(NC(=O)CCC(=O)c1cc(C)ccc1C)c1nc2ccccc2[nH]1. The van der Waals surface area contributed by atoms with Crippen molar-refractivity contribution >= 4 is 34.5 Å². The summed E-state index contributed by atoms with van der Waals surface area (Å²) in [5, 5.41) is 3.06. The Morgan fingerprint density at radius 1 is 1.14 bits per heavy atom. The van der Waals surface area contributed by atoms with Gasteiger partial charge in [0.15, 0.2) is 5.78 Å². The topological polar surface area (TPSA) is 74.8 Å². The Kier molecular flexibility index (Phi) is 7.09. The number of H-pyrrole nitrogens is 1. The molecular weight excluding hydrogens is 382 g/mol. The lowest BCUT2D eigenvalue weighted by molar-refractivity contribution is -0.121. The van der Waals surface area contributed by atoms with Gasteiger partial charge in [0.1, 0.15) is 5.82 Å². The van der Waals surface area contributed by atoms with Crippen molar-refractivity contribution in [3.63, 3.8) is 0 Å². The average Bonchev–Trinajstić information content (AvgIpc) is 3.15. The summed E-state index contributed by atoms with van der Waals surface area (Å²) in [5.74, 6) is 1.54. The average molecular weight is 410 g/mol. The molecule has 0 aliphatic heterocycles. The third-order valence-electron chi connectivity index (χ3n) is 4.96. The molecule has 0 saturated heterocycles. The number of nitrogens with zero attached hydrogens (tertiary/aromatic N) is 1. The van der Waals surface area contributed by atoms with Gasteiger partial charge in [0.2, 0.25) is 5.91 Å². The number of para-hydroxylation sites is 2. The zero-order valence-electron chi connectivity index (χ0n) is 17.1. The van der Waals surface area contributed by atoms with Crippen LogP contribution >= 0.6 is 11.8 Å². The Bertz CT molecular complexity index is 979. The van der Waals surface area contributed by atoms with Crippen molar-refractivity contribution in [3.05, 3.63) is 65.0 Å². The van der Waals surface area contributed by atoms with Crippen LogP contribution in [0, 0.1) is 13.8 Å². The summed E-state index contributed by atoms with van der Waals surface area (Å²) in [6.45, 7) is 3.89. The third-order valence-corrected chi connectivity index (χ3v) is 5.60. The Morgan fingerprint density at radius 2 is 1.93 bits per heavy atom. The lowest BCUT2D eigenvalue weighted by Gasteiger charge is -2.16. The van der Waals surface area contributed by atoms with E-state index in [0.717, 1.165) is 40.2 Å². The number of hydrogen-bond donors (Lipinski definition) is 2. The molecule has 6 heteroatoms. The number of rotatable bonds is 9. The number of Topliss-reactive ketones (excluding diaryl/α,β-unsaturated/α-hetero) is 1. The molecule has 0 aliphatic carbocycles. The van der Waals surface area contributed by atoms with Crippen LogP contribution in [-0.2, 0) is 4.79 Å². The number of aromatic amines is 1. The fraction of sp³-hybridized carbons (Fsp3) is 0.348. The molecule has 3 aromatic rings. The second-order valence-electron chi connectivity index (χ2n) is 7.28. The smallest absolute Gasteiger partial charge is 0.221 e. The molecule has 152 valence electrons. The number of carbonyl (C=O) groups excluding carboxylic acids is 2. The zero-order chi connectivity index (χ0) is 20.8. The van der Waals surface area contributed by atoms with Crippen molar-refractivity contribution in [2.45, 2.75) is 39.2 Å². The number of carbonyl (C=O) groups is 2. The van der Waals surface area contributed by atoms with Crippen LogP contribution in [0.25, 0.3) is 11.0 Å². The van der Waals surface area contributed by atoms with Crippen LogP contribution in [0.5, 0.6) is 0 Å². The number of aryl methyl sites for hydroxylation is 2. The molecule has 0 radical (unpaired) electrons. The van der Waals surface area contributed by atoms with Gasteiger partial charge < -0.3 is 10.3 Å². The van der Waals surface area contributed by atoms with Gasteiger partial charge in [-0.1, -0.05) is 29.8 Å². The maximum absolute atomic E-state index is 12.6. The number of fused-ring (bicyclic) bond motifs is 1. The van der Waals surface area contributed by atoms with Crippen LogP contribution in [0.1, 0.15) is 52.6 Å². The van der Waals surface area contributed by atoms with E-state index in [0.29, 0.717) is 5.56 Å². The minimum atomic E-state index is -0.196. The van der Waals surface area contributed by atoms with Crippen LogP contribution in [0.2, 0.25) is 0 Å². The van der Waals surface area contributed by atoms with E-state index < -0.39 is 0 Å². The Balaban J connectivity index is 1.65. The fourth-order valence-electron chi connectivity index (χ4n) is 3.31. The molecular formula is C23H27N3O2S. The molecule has 1 unspecified atom stereocenters. The van der Waals surface area contributed by atoms with Crippen molar-refractivity contribution in [1.29, 1.82) is 0 Å². The molecule has 1 aromatic heterocycles. The highest BCUT2D eigenvalue weighted by atomic mass is 32.2. The summed E-state index contributed by atoms with van der Waals surface area (Å²) in [4.78, 5) is 33.1. The van der Waals surface area contributed by atoms with E-state index >= 15 is 0 Å². The van der Waals surface area contributed by atoms with Crippen LogP contribution in [0.4, 0.5) is 0 Å². The van der Waals surface area contributed by atoms with Crippen molar-refractivity contribution in [2.75, 3.05) is 12.0 Å². The number of aromatic nitrogens is 2. The first kappa shape index (κ1) is 21.1. The van der Waals surface area contributed by atoms with Crippen molar-refractivity contribution in [1.82, 2.24) is 15.3 Å². The first-order valence-corrected chi connectivity index (χ1v) is 11.2. The molecule has 1 atom stereocenters. The predicted molar refractivity (Wildman–Crippen MR) is 119 cm³/mol. The van der Waals surface area contributed by atoms with Gasteiger partial charge in [-0.25, -0.2) is 4.98 Å². The lowest BCUT2D eigenvalue weighted by atomic mass is 9.99. The van der Waals surface area contributed by atoms with E-state index in [4.69, 9.17) is 0 Å². The third kappa shape index (κ3) is 5.48. The standard InChI is InChI=1S/C23H27N3O2S/c1-15-8-9-16(2)17(14-15)21(27)10-11-22(28)24-20(12-13-29-3)23-25-18-6-4-5-7-19(18)26-23/h4-9,14,20H,10-13H2,1-3H3,(H,24,28)(H,25,26). The first-order valence-electron chi connectivity index (χ1n) is 9.81. The minimum Gasteiger partial charge on any atom is -0.346 e. The number of nitrogens with one attached hydrogen (secondary N) is 2. The second kappa shape index (κ2) is 9.74. The van der Waals surface area contributed by atoms with Gasteiger partial charge >= 0.3 is 0 Å². The molecule has 1 heterocycles. The molecule has 5 nitrogen and oxygen atoms in total.